The van der Waals surface area contributed by atoms with Gasteiger partial charge in [0, 0.05) is 0 Å². The molecule has 6 nitrogen and oxygen atoms in total. The van der Waals surface area contributed by atoms with Crippen molar-refractivity contribution in [3.63, 3.8) is 0 Å². The van der Waals surface area contributed by atoms with Crippen molar-refractivity contribution in [2.24, 2.45) is 5.10 Å². The van der Waals surface area contributed by atoms with E-state index in [0.29, 0.717) is 16.6 Å². The Morgan fingerprint density at radius 2 is 1.55 bits per heavy atom. The largest absolute Gasteiger partial charge is 0.416 e. The SMILES string of the molecule is CS(=O)(=O)N(CC(=O)N/N=C\c1cccc(C(F)(F)F)c1)c1cccc(C(F)(F)F)c1. The third kappa shape index (κ3) is 6.98. The van der Waals surface area contributed by atoms with Crippen molar-refractivity contribution in [1.82, 2.24) is 5.43 Å². The summed E-state index contributed by atoms with van der Waals surface area (Å²) in [5.41, 5.74) is -0.504. The van der Waals surface area contributed by atoms with Gasteiger partial charge in [-0.1, -0.05) is 18.2 Å². The minimum Gasteiger partial charge on any atom is -0.271 e. The van der Waals surface area contributed by atoms with Gasteiger partial charge in [0.15, 0.2) is 0 Å². The first-order chi connectivity index (χ1) is 14.2. The molecule has 0 aromatic heterocycles. The van der Waals surface area contributed by atoms with E-state index in [9.17, 15) is 39.6 Å². The lowest BCUT2D eigenvalue weighted by Gasteiger charge is -2.22. The number of halogens is 6. The van der Waals surface area contributed by atoms with Crippen LogP contribution in [0.4, 0.5) is 32.0 Å². The van der Waals surface area contributed by atoms with Gasteiger partial charge < -0.3 is 0 Å². The Labute approximate surface area is 173 Å². The van der Waals surface area contributed by atoms with Gasteiger partial charge in [-0.3, -0.25) is 9.10 Å². The molecular weight excluding hydrogens is 452 g/mol. The molecule has 0 aliphatic heterocycles. The molecule has 0 saturated heterocycles. The molecule has 2 aromatic rings. The zero-order valence-electron chi connectivity index (χ0n) is 15.7. The number of sulfonamides is 1. The number of rotatable bonds is 6. The highest BCUT2D eigenvalue weighted by atomic mass is 32.2. The molecule has 0 spiro atoms. The first kappa shape index (κ1) is 24.2. The molecule has 0 aliphatic carbocycles. The summed E-state index contributed by atoms with van der Waals surface area (Å²) >= 11 is 0. The number of anilines is 1. The van der Waals surface area contributed by atoms with Gasteiger partial charge in [-0.2, -0.15) is 31.4 Å². The molecule has 1 N–H and O–H groups in total. The molecule has 2 rings (SSSR count). The summed E-state index contributed by atoms with van der Waals surface area (Å²) in [5.74, 6) is -1.02. The van der Waals surface area contributed by atoms with Crippen LogP contribution in [0.15, 0.2) is 53.6 Å². The number of benzene rings is 2. The molecular formula is C18H15F6N3O3S. The molecule has 0 unspecified atom stereocenters. The first-order valence-electron chi connectivity index (χ1n) is 8.32. The molecule has 0 bridgehead atoms. The zero-order chi connectivity index (χ0) is 23.4. The van der Waals surface area contributed by atoms with E-state index < -0.39 is 51.6 Å². The summed E-state index contributed by atoms with van der Waals surface area (Å²) in [6.07, 6.45) is -7.70. The number of alkyl halides is 6. The van der Waals surface area contributed by atoms with Crippen molar-refractivity contribution in [3.05, 3.63) is 65.2 Å². The Bertz CT molecular complexity index is 1080. The molecule has 2 aromatic carbocycles. The van der Waals surface area contributed by atoms with Crippen LogP contribution >= 0.6 is 0 Å². The maximum atomic E-state index is 12.9. The first-order valence-corrected chi connectivity index (χ1v) is 10.2. The molecule has 0 aliphatic rings. The van der Waals surface area contributed by atoms with E-state index in [2.05, 4.69) is 5.10 Å². The number of nitrogens with one attached hydrogen (secondary N) is 1. The monoisotopic (exact) mass is 467 g/mol. The van der Waals surface area contributed by atoms with E-state index in [0.717, 1.165) is 42.6 Å². The number of hydrogen-bond donors (Lipinski definition) is 1. The van der Waals surface area contributed by atoms with Gasteiger partial charge in [0.2, 0.25) is 10.0 Å². The highest BCUT2D eigenvalue weighted by molar-refractivity contribution is 7.92. The van der Waals surface area contributed by atoms with Gasteiger partial charge in [0.1, 0.15) is 6.54 Å². The highest BCUT2D eigenvalue weighted by Gasteiger charge is 2.32. The lowest BCUT2D eigenvalue weighted by Crippen LogP contribution is -2.39. The average Bonchev–Trinajstić information content (AvgIpc) is 2.64. The third-order valence-electron chi connectivity index (χ3n) is 3.77. The summed E-state index contributed by atoms with van der Waals surface area (Å²) in [6.45, 7) is -0.903. The smallest absolute Gasteiger partial charge is 0.271 e. The highest BCUT2D eigenvalue weighted by Crippen LogP contribution is 2.32. The molecule has 31 heavy (non-hydrogen) atoms. The van der Waals surface area contributed by atoms with Crippen LogP contribution in [0.3, 0.4) is 0 Å². The van der Waals surface area contributed by atoms with Crippen LogP contribution in [0.1, 0.15) is 16.7 Å². The average molecular weight is 467 g/mol. The van der Waals surface area contributed by atoms with Crippen LogP contribution in [-0.2, 0) is 27.2 Å². The van der Waals surface area contributed by atoms with Crippen LogP contribution in [0, 0.1) is 0 Å². The van der Waals surface area contributed by atoms with Crippen molar-refractivity contribution in [1.29, 1.82) is 0 Å². The third-order valence-corrected chi connectivity index (χ3v) is 4.91. The summed E-state index contributed by atoms with van der Waals surface area (Å²) < 4.78 is 101. The second-order valence-electron chi connectivity index (χ2n) is 6.23. The number of hydrogen-bond acceptors (Lipinski definition) is 4. The van der Waals surface area contributed by atoms with Crippen LogP contribution < -0.4 is 9.73 Å². The minimum absolute atomic E-state index is 0.00738. The normalized spacial score (nSPS) is 12.7. The predicted octanol–water partition coefficient (Wildman–Crippen LogP) is 3.64. The molecule has 13 heteroatoms. The number of amides is 1. The quantitative estimate of drug-likeness (QED) is 0.400. The van der Waals surface area contributed by atoms with Crippen molar-refractivity contribution >= 4 is 27.8 Å². The van der Waals surface area contributed by atoms with E-state index in [-0.39, 0.29) is 5.56 Å². The summed E-state index contributed by atoms with van der Waals surface area (Å²) in [5, 5.41) is 3.46. The summed E-state index contributed by atoms with van der Waals surface area (Å²) in [7, 11) is -4.15. The molecule has 168 valence electrons. The van der Waals surface area contributed by atoms with Gasteiger partial charge in [-0.05, 0) is 35.9 Å². The predicted molar refractivity (Wildman–Crippen MR) is 101 cm³/mol. The van der Waals surface area contributed by atoms with Gasteiger partial charge in [0.05, 0.1) is 29.3 Å². The second-order valence-corrected chi connectivity index (χ2v) is 8.14. The number of hydrazone groups is 1. The Morgan fingerprint density at radius 1 is 1.00 bits per heavy atom. The molecule has 0 atom stereocenters. The fraction of sp³-hybridized carbons (Fsp3) is 0.222. The number of carbonyl (C=O) groups is 1. The van der Waals surface area contributed by atoms with Crippen molar-refractivity contribution in [2.75, 3.05) is 17.1 Å². The Balaban J connectivity index is 2.15. The lowest BCUT2D eigenvalue weighted by atomic mass is 10.1. The number of carbonyl (C=O) groups excluding carboxylic acids is 1. The van der Waals surface area contributed by atoms with E-state index >= 15 is 0 Å². The maximum absolute atomic E-state index is 12.9. The number of nitrogens with zero attached hydrogens (tertiary/aromatic N) is 2. The van der Waals surface area contributed by atoms with Crippen LogP contribution in [0.2, 0.25) is 0 Å². The van der Waals surface area contributed by atoms with Crippen molar-refractivity contribution in [3.8, 4) is 0 Å². The van der Waals surface area contributed by atoms with Crippen LogP contribution in [0.25, 0.3) is 0 Å². The second kappa shape index (κ2) is 8.96. The van der Waals surface area contributed by atoms with E-state index in [1.54, 1.807) is 0 Å². The zero-order valence-corrected chi connectivity index (χ0v) is 16.5. The van der Waals surface area contributed by atoms with Gasteiger partial charge in [0.25, 0.3) is 5.91 Å². The summed E-state index contributed by atoms with van der Waals surface area (Å²) in [6, 6.07) is 7.41. The summed E-state index contributed by atoms with van der Waals surface area (Å²) in [4.78, 5) is 12.0. The van der Waals surface area contributed by atoms with Gasteiger partial charge >= 0.3 is 12.4 Å². The van der Waals surface area contributed by atoms with Gasteiger partial charge in [-0.25, -0.2) is 13.8 Å². The fourth-order valence-electron chi connectivity index (χ4n) is 2.38. The van der Waals surface area contributed by atoms with E-state index in [1.807, 2.05) is 5.43 Å². The van der Waals surface area contributed by atoms with Crippen molar-refractivity contribution < 1.29 is 39.6 Å². The molecule has 0 heterocycles. The Hall–Kier alpha value is -3.09. The standard InChI is InChI=1S/C18H15F6N3O3S/c1-31(29,30)27(15-7-3-6-14(9-15)18(22,23)24)11-16(28)26-25-10-12-4-2-5-13(8-12)17(19,20)21/h2-10H,11H2,1H3,(H,26,28)/b25-10-. The maximum Gasteiger partial charge on any atom is 0.416 e. The van der Waals surface area contributed by atoms with E-state index in [4.69, 9.17) is 0 Å². The minimum atomic E-state index is -4.73. The molecule has 1 amide bonds. The van der Waals surface area contributed by atoms with Gasteiger partial charge in [-0.15, -0.1) is 0 Å². The molecule has 0 saturated carbocycles. The molecule has 0 fully saturated rings. The Kier molecular flexibility index (Phi) is 6.99. The Morgan fingerprint density at radius 3 is 2.10 bits per heavy atom. The topological polar surface area (TPSA) is 78.8 Å². The van der Waals surface area contributed by atoms with Crippen molar-refractivity contribution in [2.45, 2.75) is 12.4 Å². The molecule has 0 radical (unpaired) electrons. The van der Waals surface area contributed by atoms with E-state index in [1.165, 1.54) is 6.07 Å². The van der Waals surface area contributed by atoms with Crippen LogP contribution in [-0.4, -0.2) is 33.3 Å². The van der Waals surface area contributed by atoms with Crippen LogP contribution in [0.5, 0.6) is 0 Å². The fourth-order valence-corrected chi connectivity index (χ4v) is 3.23. The lowest BCUT2D eigenvalue weighted by molar-refractivity contribution is -0.138.